The molecule has 0 aromatic heterocycles. The van der Waals surface area contributed by atoms with Gasteiger partial charge in [-0.05, 0) is 90.9 Å². The van der Waals surface area contributed by atoms with Gasteiger partial charge in [-0.25, -0.2) is 0 Å². The van der Waals surface area contributed by atoms with Crippen LogP contribution < -0.4 is 11.1 Å². The summed E-state index contributed by atoms with van der Waals surface area (Å²) in [6.07, 6.45) is 0. The van der Waals surface area contributed by atoms with Gasteiger partial charge in [0.05, 0.1) is 0 Å². The minimum atomic E-state index is -0.0570. The molecule has 4 heteroatoms. The summed E-state index contributed by atoms with van der Waals surface area (Å²) in [5, 5.41) is 22.6. The van der Waals surface area contributed by atoms with Crippen LogP contribution in [0.25, 0.3) is 53.9 Å². The molecule has 0 amide bonds. The highest BCUT2D eigenvalue weighted by atomic mass is 35.5. The summed E-state index contributed by atoms with van der Waals surface area (Å²) in [5.74, 6) is -0.0570. The van der Waals surface area contributed by atoms with Crippen LogP contribution in [-0.4, -0.2) is 5.96 Å². The van der Waals surface area contributed by atoms with E-state index in [1.165, 1.54) is 43.1 Å². The maximum atomic E-state index is 7.62. The number of hydrogen-bond acceptors (Lipinski definition) is 1. The van der Waals surface area contributed by atoms with E-state index in [0.29, 0.717) is 0 Å². The van der Waals surface area contributed by atoms with E-state index >= 15 is 0 Å². The Hall–Kier alpha value is -3.82. The third-order valence-electron chi connectivity index (χ3n) is 5.93. The molecule has 3 nitrogen and oxygen atoms in total. The summed E-state index contributed by atoms with van der Waals surface area (Å²) < 4.78 is 0. The summed E-state index contributed by atoms with van der Waals surface area (Å²) in [6, 6.07) is 32.5. The van der Waals surface area contributed by atoms with Crippen molar-refractivity contribution in [3.8, 4) is 0 Å². The molecular weight excluding hydrogens is 402 g/mol. The lowest BCUT2D eigenvalue weighted by Gasteiger charge is -2.12. The molecule has 4 N–H and O–H groups in total. The molecule has 6 aromatic rings. The number of guanidine groups is 1. The Morgan fingerprint density at radius 2 is 1.06 bits per heavy atom. The number of halogens is 1. The largest absolute Gasteiger partial charge is 0.370 e. The number of hydrogen-bond donors (Lipinski definition) is 3. The summed E-state index contributed by atoms with van der Waals surface area (Å²) in [5.41, 5.74) is 6.45. The Morgan fingerprint density at radius 3 is 1.74 bits per heavy atom. The van der Waals surface area contributed by atoms with Crippen LogP contribution in [-0.2, 0) is 0 Å². The fourth-order valence-corrected chi connectivity index (χ4v) is 4.53. The number of fused-ring (bicyclic) bond motifs is 6. The molecule has 0 saturated carbocycles. The second-order valence-corrected chi connectivity index (χ2v) is 7.82. The first kappa shape index (κ1) is 19.2. The smallest absolute Gasteiger partial charge is 0.190 e. The van der Waals surface area contributed by atoms with Gasteiger partial charge in [-0.2, -0.15) is 0 Å². The lowest BCUT2D eigenvalue weighted by atomic mass is 9.94. The highest BCUT2D eigenvalue weighted by Crippen LogP contribution is 2.35. The van der Waals surface area contributed by atoms with E-state index in [-0.39, 0.29) is 18.4 Å². The third-order valence-corrected chi connectivity index (χ3v) is 5.93. The topological polar surface area (TPSA) is 61.9 Å². The van der Waals surface area contributed by atoms with Gasteiger partial charge in [0.15, 0.2) is 5.96 Å². The average Bonchev–Trinajstić information content (AvgIpc) is 2.75. The van der Waals surface area contributed by atoms with Crippen molar-refractivity contribution in [2.75, 3.05) is 5.32 Å². The van der Waals surface area contributed by atoms with Gasteiger partial charge in [-0.1, -0.05) is 48.5 Å². The highest BCUT2D eigenvalue weighted by molar-refractivity contribution is 6.18. The zero-order valence-electron chi connectivity index (χ0n) is 16.6. The summed E-state index contributed by atoms with van der Waals surface area (Å²) in [4.78, 5) is 0. The van der Waals surface area contributed by atoms with Crippen LogP contribution in [0.2, 0.25) is 0 Å². The second-order valence-electron chi connectivity index (χ2n) is 7.82. The lowest BCUT2D eigenvalue weighted by Crippen LogP contribution is -2.20. The highest BCUT2D eigenvalue weighted by Gasteiger charge is 2.08. The zero-order chi connectivity index (χ0) is 20.2. The van der Waals surface area contributed by atoms with Crippen molar-refractivity contribution in [1.29, 1.82) is 5.41 Å². The van der Waals surface area contributed by atoms with Crippen molar-refractivity contribution in [3.63, 3.8) is 0 Å². The molecule has 150 valence electrons. The summed E-state index contributed by atoms with van der Waals surface area (Å²) in [7, 11) is 0. The first-order valence-corrected chi connectivity index (χ1v) is 9.98. The first-order valence-electron chi connectivity index (χ1n) is 9.98. The maximum absolute atomic E-state index is 7.62. The van der Waals surface area contributed by atoms with Gasteiger partial charge < -0.3 is 11.1 Å². The van der Waals surface area contributed by atoms with Crippen LogP contribution in [0.15, 0.2) is 91.0 Å². The van der Waals surface area contributed by atoms with Gasteiger partial charge in [0.1, 0.15) is 0 Å². The number of benzene rings is 6. The predicted molar refractivity (Wildman–Crippen MR) is 137 cm³/mol. The fourth-order valence-electron chi connectivity index (χ4n) is 4.53. The third kappa shape index (κ3) is 3.11. The van der Waals surface area contributed by atoms with Crippen LogP contribution in [0.1, 0.15) is 0 Å². The molecule has 31 heavy (non-hydrogen) atoms. The van der Waals surface area contributed by atoms with Crippen molar-refractivity contribution in [3.05, 3.63) is 91.0 Å². The molecule has 0 saturated heterocycles. The zero-order valence-corrected chi connectivity index (χ0v) is 17.5. The van der Waals surface area contributed by atoms with E-state index in [4.69, 9.17) is 11.1 Å². The number of anilines is 1. The van der Waals surface area contributed by atoms with E-state index in [1.807, 2.05) is 12.1 Å². The van der Waals surface area contributed by atoms with E-state index in [0.717, 1.165) is 16.5 Å². The first-order chi connectivity index (χ1) is 14.7. The Balaban J connectivity index is 0.00000204. The Morgan fingerprint density at radius 1 is 0.548 bits per heavy atom. The quantitative estimate of drug-likeness (QED) is 0.114. The standard InChI is InChI=1S/C27H19N3.ClH/c28-27(29)30-26-7-3-6-18-12-19-8-9-20-13-21-10-16-4-1-2-5-17(16)11-22(21)14-23(20)24(19)15-25(18)26;/h1-15H,(H4,28,29,30);1H. The molecule has 0 fully saturated rings. The number of nitrogens with two attached hydrogens (primary N) is 1. The molecule has 0 radical (unpaired) electrons. The molecule has 0 aliphatic rings. The molecule has 0 heterocycles. The SMILES string of the molecule is Cl.N=C(N)Nc1cccc2cc3ccc4cc5cc6ccccc6cc5cc4c3cc12. The van der Waals surface area contributed by atoms with E-state index < -0.39 is 0 Å². The van der Waals surface area contributed by atoms with Gasteiger partial charge in [0, 0.05) is 11.1 Å². The van der Waals surface area contributed by atoms with Gasteiger partial charge in [0.25, 0.3) is 0 Å². The van der Waals surface area contributed by atoms with E-state index in [1.54, 1.807) is 0 Å². The lowest BCUT2D eigenvalue weighted by molar-refractivity contribution is 1.42. The summed E-state index contributed by atoms with van der Waals surface area (Å²) >= 11 is 0. The van der Waals surface area contributed by atoms with Crippen molar-refractivity contribution in [2.24, 2.45) is 5.73 Å². The predicted octanol–water partition coefficient (Wildman–Crippen LogP) is 7.18. The maximum Gasteiger partial charge on any atom is 0.190 e. The van der Waals surface area contributed by atoms with Crippen molar-refractivity contribution < 1.29 is 0 Å². The van der Waals surface area contributed by atoms with Crippen LogP contribution in [0.3, 0.4) is 0 Å². The average molecular weight is 422 g/mol. The van der Waals surface area contributed by atoms with Gasteiger partial charge in [0.2, 0.25) is 0 Å². The molecule has 6 rings (SSSR count). The van der Waals surface area contributed by atoms with Gasteiger partial charge >= 0.3 is 0 Å². The van der Waals surface area contributed by atoms with Gasteiger partial charge in [-0.3, -0.25) is 5.41 Å². The Kier molecular flexibility index (Phi) is 4.42. The van der Waals surface area contributed by atoms with E-state index in [2.05, 4.69) is 84.2 Å². The normalized spacial score (nSPS) is 11.2. The van der Waals surface area contributed by atoms with E-state index in [9.17, 15) is 0 Å². The summed E-state index contributed by atoms with van der Waals surface area (Å²) in [6.45, 7) is 0. The number of rotatable bonds is 1. The van der Waals surface area contributed by atoms with Crippen LogP contribution >= 0.6 is 12.4 Å². The monoisotopic (exact) mass is 421 g/mol. The Bertz CT molecular complexity index is 1650. The molecule has 0 spiro atoms. The second kappa shape index (κ2) is 7.15. The molecule has 0 unspecified atom stereocenters. The molecule has 6 aromatic carbocycles. The fraction of sp³-hybridized carbons (Fsp3) is 0. The Labute approximate surface area is 185 Å². The molecular formula is C27H20ClN3. The number of nitrogens with one attached hydrogen (secondary N) is 2. The van der Waals surface area contributed by atoms with Crippen LogP contribution in [0.5, 0.6) is 0 Å². The molecule has 0 atom stereocenters. The van der Waals surface area contributed by atoms with Gasteiger partial charge in [-0.15, -0.1) is 12.4 Å². The molecule has 0 aliphatic carbocycles. The van der Waals surface area contributed by atoms with Crippen molar-refractivity contribution in [1.82, 2.24) is 0 Å². The minimum Gasteiger partial charge on any atom is -0.370 e. The van der Waals surface area contributed by atoms with Crippen LogP contribution in [0.4, 0.5) is 5.69 Å². The molecule has 0 aliphatic heterocycles. The van der Waals surface area contributed by atoms with Crippen molar-refractivity contribution >= 4 is 77.9 Å². The minimum absolute atomic E-state index is 0. The molecule has 0 bridgehead atoms. The van der Waals surface area contributed by atoms with Crippen molar-refractivity contribution in [2.45, 2.75) is 0 Å². The van der Waals surface area contributed by atoms with Crippen LogP contribution in [0, 0.1) is 5.41 Å².